The molecule has 1 rings (SSSR count). The monoisotopic (exact) mass is 224 g/mol. The minimum atomic E-state index is -0.920. The van der Waals surface area contributed by atoms with E-state index in [0.29, 0.717) is 5.01 Å². The zero-order valence-corrected chi connectivity index (χ0v) is 10.4. The molecular weight excluding hydrogens is 208 g/mol. The second-order valence-electron chi connectivity index (χ2n) is 3.90. The Hall–Kier alpha value is -1.00. The van der Waals surface area contributed by atoms with Crippen molar-refractivity contribution < 1.29 is 5.11 Å². The molecule has 4 heteroatoms. The summed E-state index contributed by atoms with van der Waals surface area (Å²) >= 11 is 1.40. The summed E-state index contributed by atoms with van der Waals surface area (Å²) in [6.07, 6.45) is 1.72. The van der Waals surface area contributed by atoms with Gasteiger partial charge in [0.1, 0.15) is 21.3 Å². The van der Waals surface area contributed by atoms with Crippen LogP contribution in [0.1, 0.15) is 38.4 Å². The molecule has 0 aliphatic rings. The van der Waals surface area contributed by atoms with Crippen molar-refractivity contribution in [3.05, 3.63) is 17.3 Å². The molecule has 0 unspecified atom stereocenters. The summed E-state index contributed by atoms with van der Waals surface area (Å²) in [4.78, 5) is 8.58. The van der Waals surface area contributed by atoms with Crippen LogP contribution in [0.25, 0.3) is 5.57 Å². The normalized spacial score (nSPS) is 12.3. The second kappa shape index (κ2) is 4.24. The first kappa shape index (κ1) is 12.1. The lowest BCUT2D eigenvalue weighted by atomic mass is 10.1. The predicted molar refractivity (Wildman–Crippen MR) is 65.9 cm³/mol. The Morgan fingerprint density at radius 1 is 1.60 bits per heavy atom. The Balaban J connectivity index is 3.27. The Morgan fingerprint density at radius 3 is 2.60 bits per heavy atom. The Labute approximate surface area is 94.2 Å². The summed E-state index contributed by atoms with van der Waals surface area (Å²) in [7, 11) is 0. The van der Waals surface area contributed by atoms with Crippen LogP contribution in [0.5, 0.6) is 0 Å². The van der Waals surface area contributed by atoms with Crippen LogP contribution < -0.4 is 0 Å². The minimum Gasteiger partial charge on any atom is -0.383 e. The highest BCUT2D eigenvalue weighted by Crippen LogP contribution is 2.36. The van der Waals surface area contributed by atoms with E-state index in [-0.39, 0.29) is 0 Å². The van der Waals surface area contributed by atoms with Gasteiger partial charge in [0.05, 0.1) is 0 Å². The number of nitrogens with zero attached hydrogens (tertiary/aromatic N) is 2. The zero-order valence-electron chi connectivity index (χ0n) is 9.53. The number of thiazole rings is 1. The van der Waals surface area contributed by atoms with Crippen LogP contribution >= 0.6 is 11.3 Å². The summed E-state index contributed by atoms with van der Waals surface area (Å²) in [6.45, 7) is 11.0. The van der Waals surface area contributed by atoms with Crippen molar-refractivity contribution in [3.8, 4) is 0 Å². The van der Waals surface area contributed by atoms with Crippen molar-refractivity contribution in [1.82, 2.24) is 4.98 Å². The third-order valence-electron chi connectivity index (χ3n) is 1.78. The van der Waals surface area contributed by atoms with Gasteiger partial charge in [-0.25, -0.2) is 9.98 Å². The zero-order chi connectivity index (χ0) is 11.6. The van der Waals surface area contributed by atoms with Gasteiger partial charge in [-0.1, -0.05) is 17.9 Å². The lowest BCUT2D eigenvalue weighted by Gasteiger charge is -2.12. The van der Waals surface area contributed by atoms with E-state index in [1.807, 2.05) is 13.8 Å². The fourth-order valence-electron chi connectivity index (χ4n) is 1.06. The smallest absolute Gasteiger partial charge is 0.143 e. The minimum absolute atomic E-state index is 0.668. The Morgan fingerprint density at radius 2 is 2.20 bits per heavy atom. The van der Waals surface area contributed by atoms with Crippen molar-refractivity contribution in [2.45, 2.75) is 33.3 Å². The fourth-order valence-corrected chi connectivity index (χ4v) is 2.10. The van der Waals surface area contributed by atoms with Gasteiger partial charge in [-0.15, -0.1) is 0 Å². The molecular formula is C11H16N2OS. The summed E-state index contributed by atoms with van der Waals surface area (Å²) in [5.74, 6) is 0. The molecule has 0 atom stereocenters. The van der Waals surface area contributed by atoms with Crippen molar-refractivity contribution >= 4 is 28.1 Å². The molecule has 3 nitrogen and oxygen atoms in total. The van der Waals surface area contributed by atoms with E-state index >= 15 is 0 Å². The lowest BCUT2D eigenvalue weighted by molar-refractivity contribution is 0.0782. The molecule has 0 radical (unpaired) electrons. The van der Waals surface area contributed by atoms with Gasteiger partial charge in [-0.05, 0) is 33.3 Å². The number of rotatable bonds is 3. The van der Waals surface area contributed by atoms with E-state index in [4.69, 9.17) is 0 Å². The Kier molecular flexibility index (Phi) is 3.42. The van der Waals surface area contributed by atoms with Crippen LogP contribution in [0.3, 0.4) is 0 Å². The van der Waals surface area contributed by atoms with Gasteiger partial charge in [0.15, 0.2) is 0 Å². The fraction of sp³-hybridized carbons (Fsp3) is 0.455. The summed E-state index contributed by atoms with van der Waals surface area (Å²) in [5.41, 5.74) is 0.716. The molecule has 0 fully saturated rings. The molecule has 0 aliphatic heterocycles. The largest absolute Gasteiger partial charge is 0.383 e. The molecule has 1 N–H and O–H groups in total. The summed E-state index contributed by atoms with van der Waals surface area (Å²) in [6, 6.07) is 0. The number of aliphatic imine (C=N–C) groups is 1. The standard InChI is InChI=1S/C11H16N2OS/c1-6-12-9-8(7(2)3)13-10(15-9)11(4,5)14/h6,14H,2H2,1,3-5H3/b12-6-. The molecule has 0 saturated heterocycles. The van der Waals surface area contributed by atoms with Crippen molar-refractivity contribution in [1.29, 1.82) is 0 Å². The number of hydrogen-bond acceptors (Lipinski definition) is 4. The maximum atomic E-state index is 9.84. The average molecular weight is 224 g/mol. The van der Waals surface area contributed by atoms with Gasteiger partial charge in [0.2, 0.25) is 0 Å². The van der Waals surface area contributed by atoms with Gasteiger partial charge in [0, 0.05) is 6.21 Å². The molecule has 0 bridgehead atoms. The van der Waals surface area contributed by atoms with Gasteiger partial charge in [0.25, 0.3) is 0 Å². The third kappa shape index (κ3) is 2.73. The number of allylic oxidation sites excluding steroid dienone is 1. The predicted octanol–water partition coefficient (Wildman–Crippen LogP) is 3.13. The van der Waals surface area contributed by atoms with Crippen LogP contribution in [0, 0.1) is 0 Å². The third-order valence-corrected chi connectivity index (χ3v) is 3.06. The van der Waals surface area contributed by atoms with Crippen molar-refractivity contribution in [3.63, 3.8) is 0 Å². The van der Waals surface area contributed by atoms with E-state index < -0.39 is 5.60 Å². The molecule has 0 saturated carbocycles. The van der Waals surface area contributed by atoms with Crippen LogP contribution in [-0.4, -0.2) is 16.3 Å². The molecule has 1 aromatic rings. The maximum absolute atomic E-state index is 9.84. The van der Waals surface area contributed by atoms with Crippen molar-refractivity contribution in [2.75, 3.05) is 0 Å². The first-order valence-electron chi connectivity index (χ1n) is 4.74. The molecule has 0 spiro atoms. The number of aromatic nitrogens is 1. The maximum Gasteiger partial charge on any atom is 0.143 e. The molecule has 15 heavy (non-hydrogen) atoms. The molecule has 0 aliphatic carbocycles. The van der Waals surface area contributed by atoms with E-state index in [2.05, 4.69) is 16.6 Å². The molecule has 1 heterocycles. The van der Waals surface area contributed by atoms with Crippen LogP contribution in [0.4, 0.5) is 5.00 Å². The van der Waals surface area contributed by atoms with Crippen LogP contribution in [-0.2, 0) is 5.60 Å². The highest BCUT2D eigenvalue weighted by molar-refractivity contribution is 7.15. The number of aliphatic hydroxyl groups is 1. The average Bonchev–Trinajstić information content (AvgIpc) is 2.48. The first-order chi connectivity index (χ1) is 6.86. The van der Waals surface area contributed by atoms with Crippen LogP contribution in [0.2, 0.25) is 0 Å². The van der Waals surface area contributed by atoms with E-state index in [0.717, 1.165) is 16.3 Å². The first-order valence-corrected chi connectivity index (χ1v) is 5.56. The molecule has 0 amide bonds. The number of hydrogen-bond donors (Lipinski definition) is 1. The van der Waals surface area contributed by atoms with Gasteiger partial charge in [-0.2, -0.15) is 0 Å². The summed E-state index contributed by atoms with van der Waals surface area (Å²) in [5, 5.41) is 11.3. The molecule has 82 valence electrons. The summed E-state index contributed by atoms with van der Waals surface area (Å²) < 4.78 is 0. The van der Waals surface area contributed by atoms with E-state index in [9.17, 15) is 5.11 Å². The van der Waals surface area contributed by atoms with Gasteiger partial charge >= 0.3 is 0 Å². The topological polar surface area (TPSA) is 45.5 Å². The quantitative estimate of drug-likeness (QED) is 0.802. The van der Waals surface area contributed by atoms with Gasteiger partial charge in [-0.3, -0.25) is 0 Å². The highest BCUT2D eigenvalue weighted by Gasteiger charge is 2.23. The lowest BCUT2D eigenvalue weighted by Crippen LogP contribution is -2.14. The van der Waals surface area contributed by atoms with E-state index in [1.54, 1.807) is 20.1 Å². The highest BCUT2D eigenvalue weighted by atomic mass is 32.1. The molecule has 0 aromatic carbocycles. The van der Waals surface area contributed by atoms with E-state index in [1.165, 1.54) is 11.3 Å². The van der Waals surface area contributed by atoms with Crippen molar-refractivity contribution in [2.24, 2.45) is 4.99 Å². The second-order valence-corrected chi connectivity index (χ2v) is 4.88. The SMILES string of the molecule is C=C(C)c1nc(C(C)(C)O)sc1/N=C\C. The van der Waals surface area contributed by atoms with Crippen LogP contribution in [0.15, 0.2) is 11.6 Å². The van der Waals surface area contributed by atoms with Gasteiger partial charge < -0.3 is 5.11 Å². The molecule has 1 aromatic heterocycles. The Bertz CT molecular complexity index is 399.